The molecule has 0 saturated carbocycles. The summed E-state index contributed by atoms with van der Waals surface area (Å²) in [5, 5.41) is 7.85. The van der Waals surface area contributed by atoms with Crippen molar-refractivity contribution >= 4 is 43.4 Å². The van der Waals surface area contributed by atoms with Crippen molar-refractivity contribution in [3.05, 3.63) is 97.1 Å². The fourth-order valence-corrected chi connectivity index (χ4v) is 4.61. The maximum atomic E-state index is 2.32. The van der Waals surface area contributed by atoms with Crippen molar-refractivity contribution in [2.75, 3.05) is 0 Å². The van der Waals surface area contributed by atoms with E-state index in [0.29, 0.717) is 0 Å². The molecule has 0 amide bonds. The minimum Gasteiger partial charge on any atom is -0.344 e. The van der Waals surface area contributed by atoms with Gasteiger partial charge in [0.15, 0.2) is 0 Å². The van der Waals surface area contributed by atoms with Gasteiger partial charge in [-0.15, -0.1) is 0 Å². The Hall–Kier alpha value is -3.58. The van der Waals surface area contributed by atoms with E-state index in [1.165, 1.54) is 54.5 Å². The predicted octanol–water partition coefficient (Wildman–Crippen LogP) is 8.33. The number of aryl methyl sites for hydroxylation is 1. The maximum Gasteiger partial charge on any atom is 0.0495 e. The van der Waals surface area contributed by atoms with E-state index in [4.69, 9.17) is 0 Å². The quantitative estimate of drug-likeness (QED) is 0.267. The first-order valence-electron chi connectivity index (χ1n) is 10.7. The molecule has 0 radical (unpaired) electrons. The third-order valence-electron chi connectivity index (χ3n) is 5.98. The molecule has 0 saturated heterocycles. The highest BCUT2D eigenvalue weighted by atomic mass is 14.9. The molecule has 0 aliphatic rings. The Morgan fingerprint density at radius 1 is 0.533 bits per heavy atom. The average Bonchev–Trinajstić information content (AvgIpc) is 3.13. The second kappa shape index (κ2) is 7.35. The number of hydrogen-bond donors (Lipinski definition) is 0. The number of nitrogens with zero attached hydrogens (tertiary/aromatic N) is 1. The molecular weight excluding hydrogens is 362 g/mol. The third-order valence-corrected chi connectivity index (χ3v) is 5.98. The molecule has 0 aliphatic carbocycles. The van der Waals surface area contributed by atoms with Gasteiger partial charge in [-0.3, -0.25) is 0 Å². The Kier molecular flexibility index (Phi) is 4.52. The Labute approximate surface area is 177 Å². The minimum absolute atomic E-state index is 1.27. The van der Waals surface area contributed by atoms with E-state index in [0.717, 1.165) is 0 Å². The highest BCUT2D eigenvalue weighted by molar-refractivity contribution is 6.24. The molecule has 1 aromatic heterocycles. The summed E-state index contributed by atoms with van der Waals surface area (Å²) in [6.45, 7) is 4.00. The van der Waals surface area contributed by atoms with Gasteiger partial charge in [0.1, 0.15) is 0 Å². The molecule has 0 unspecified atom stereocenters. The summed E-state index contributed by atoms with van der Waals surface area (Å²) >= 11 is 0. The molecule has 5 aromatic carbocycles. The van der Waals surface area contributed by atoms with Gasteiger partial charge in [-0.1, -0.05) is 92.7 Å². The van der Waals surface area contributed by atoms with E-state index in [1.54, 1.807) is 0 Å². The van der Waals surface area contributed by atoms with Crippen molar-refractivity contribution < 1.29 is 0 Å². The lowest BCUT2D eigenvalue weighted by Crippen LogP contribution is -1.86. The number of aromatic nitrogens is 1. The monoisotopic (exact) mass is 387 g/mol. The molecule has 0 N–H and O–H groups in total. The van der Waals surface area contributed by atoms with Gasteiger partial charge in [-0.05, 0) is 50.9 Å². The number of hydrogen-bond acceptors (Lipinski definition) is 0. The summed E-state index contributed by atoms with van der Waals surface area (Å²) in [6.07, 6.45) is 0. The molecule has 0 spiro atoms. The van der Waals surface area contributed by atoms with E-state index >= 15 is 0 Å². The van der Waals surface area contributed by atoms with Gasteiger partial charge in [0, 0.05) is 28.9 Å². The maximum absolute atomic E-state index is 2.32. The molecule has 30 heavy (non-hydrogen) atoms. The van der Waals surface area contributed by atoms with Crippen molar-refractivity contribution in [1.29, 1.82) is 0 Å². The zero-order chi connectivity index (χ0) is 20.7. The van der Waals surface area contributed by atoms with E-state index in [2.05, 4.69) is 109 Å². The van der Waals surface area contributed by atoms with Crippen LogP contribution >= 0.6 is 0 Å². The Morgan fingerprint density at radius 3 is 2.03 bits per heavy atom. The van der Waals surface area contributed by atoms with Crippen LogP contribution in [-0.4, -0.2) is 4.57 Å². The van der Waals surface area contributed by atoms with E-state index in [1.807, 2.05) is 13.8 Å². The number of benzene rings is 5. The van der Waals surface area contributed by atoms with Crippen molar-refractivity contribution in [3.8, 4) is 11.1 Å². The first-order valence-corrected chi connectivity index (χ1v) is 10.7. The van der Waals surface area contributed by atoms with Crippen LogP contribution in [0, 0.1) is 0 Å². The Balaban J connectivity index is 0.000000937. The highest BCUT2D eigenvalue weighted by Gasteiger charge is 2.15. The van der Waals surface area contributed by atoms with Gasteiger partial charge >= 0.3 is 0 Å². The lowest BCUT2D eigenvalue weighted by atomic mass is 9.95. The molecule has 1 nitrogen and oxygen atoms in total. The summed E-state index contributed by atoms with van der Waals surface area (Å²) in [4.78, 5) is 0. The molecular formula is C29H25N. The van der Waals surface area contributed by atoms with Crippen LogP contribution in [-0.2, 0) is 7.05 Å². The second-order valence-electron chi connectivity index (χ2n) is 7.50. The number of fused-ring (bicyclic) bond motifs is 6. The van der Waals surface area contributed by atoms with Crippen molar-refractivity contribution in [3.63, 3.8) is 0 Å². The lowest BCUT2D eigenvalue weighted by molar-refractivity contribution is 1.01. The molecule has 0 fully saturated rings. The molecule has 6 aromatic rings. The molecule has 1 heterocycles. The van der Waals surface area contributed by atoms with Gasteiger partial charge in [0.05, 0.1) is 0 Å². The van der Waals surface area contributed by atoms with Gasteiger partial charge in [-0.25, -0.2) is 0 Å². The normalized spacial score (nSPS) is 11.2. The molecule has 1 heteroatoms. The fourth-order valence-electron chi connectivity index (χ4n) is 4.61. The van der Waals surface area contributed by atoms with Crippen LogP contribution in [0.25, 0.3) is 54.5 Å². The SMILES string of the molecule is CC.Cn1c2cccc(-c3ccc4ccccc4c3)c2c2c3ccccc3ccc21. The van der Waals surface area contributed by atoms with Gasteiger partial charge in [-0.2, -0.15) is 0 Å². The molecule has 0 bridgehead atoms. The van der Waals surface area contributed by atoms with Crippen LogP contribution in [0.15, 0.2) is 97.1 Å². The van der Waals surface area contributed by atoms with Crippen LogP contribution in [0.5, 0.6) is 0 Å². The van der Waals surface area contributed by atoms with Crippen LogP contribution in [0.1, 0.15) is 13.8 Å². The summed E-state index contributed by atoms with van der Waals surface area (Å²) in [5.41, 5.74) is 5.12. The topological polar surface area (TPSA) is 4.93 Å². The third kappa shape index (κ3) is 2.70. The Morgan fingerprint density at radius 2 is 1.20 bits per heavy atom. The van der Waals surface area contributed by atoms with Gasteiger partial charge in [0.2, 0.25) is 0 Å². The zero-order valence-electron chi connectivity index (χ0n) is 17.7. The number of rotatable bonds is 1. The highest BCUT2D eigenvalue weighted by Crippen LogP contribution is 2.40. The molecule has 0 atom stereocenters. The summed E-state index contributed by atoms with van der Waals surface area (Å²) in [5.74, 6) is 0. The lowest BCUT2D eigenvalue weighted by Gasteiger charge is -2.08. The summed E-state index contributed by atoms with van der Waals surface area (Å²) in [7, 11) is 2.17. The van der Waals surface area contributed by atoms with E-state index < -0.39 is 0 Å². The minimum atomic E-state index is 1.27. The van der Waals surface area contributed by atoms with Crippen molar-refractivity contribution in [2.24, 2.45) is 7.05 Å². The van der Waals surface area contributed by atoms with Gasteiger partial charge < -0.3 is 4.57 Å². The van der Waals surface area contributed by atoms with Crippen molar-refractivity contribution in [2.45, 2.75) is 13.8 Å². The fraction of sp³-hybridized carbons (Fsp3) is 0.103. The predicted molar refractivity (Wildman–Crippen MR) is 132 cm³/mol. The molecule has 0 aliphatic heterocycles. The van der Waals surface area contributed by atoms with Crippen LogP contribution in [0.4, 0.5) is 0 Å². The summed E-state index contributed by atoms with van der Waals surface area (Å²) in [6, 6.07) is 35.2. The van der Waals surface area contributed by atoms with Crippen LogP contribution < -0.4 is 0 Å². The first kappa shape index (κ1) is 18.4. The standard InChI is InChI=1S/C27H19N.C2H6/c1-28-24-12-6-11-23(21-14-13-18-7-2-3-9-20(18)17-21)27(24)26-22-10-5-4-8-19(22)15-16-25(26)28;1-2/h2-17H,1H3;1-2H3. The van der Waals surface area contributed by atoms with Gasteiger partial charge in [0.25, 0.3) is 0 Å². The largest absolute Gasteiger partial charge is 0.344 e. The average molecular weight is 388 g/mol. The molecule has 146 valence electrons. The van der Waals surface area contributed by atoms with Crippen molar-refractivity contribution in [1.82, 2.24) is 4.57 Å². The second-order valence-corrected chi connectivity index (χ2v) is 7.50. The van der Waals surface area contributed by atoms with Crippen LogP contribution in [0.3, 0.4) is 0 Å². The zero-order valence-corrected chi connectivity index (χ0v) is 17.7. The summed E-state index contributed by atoms with van der Waals surface area (Å²) < 4.78 is 2.32. The molecule has 6 rings (SSSR count). The van der Waals surface area contributed by atoms with Crippen LogP contribution in [0.2, 0.25) is 0 Å². The first-order chi connectivity index (χ1) is 14.8. The van der Waals surface area contributed by atoms with E-state index in [-0.39, 0.29) is 0 Å². The smallest absolute Gasteiger partial charge is 0.0495 e. The van der Waals surface area contributed by atoms with E-state index in [9.17, 15) is 0 Å². The Bertz CT molecular complexity index is 1520.